The highest BCUT2D eigenvalue weighted by Gasteiger charge is 2.11. The second-order valence-corrected chi connectivity index (χ2v) is 5.07. The Morgan fingerprint density at radius 2 is 2.04 bits per heavy atom. The third-order valence-electron chi connectivity index (χ3n) is 3.07. The quantitative estimate of drug-likeness (QED) is 0.796. The summed E-state index contributed by atoms with van der Waals surface area (Å²) in [5.74, 6) is -0.902. The molecule has 0 bridgehead atoms. The zero-order chi connectivity index (χ0) is 16.2. The molecule has 0 unspecified atom stereocenters. The van der Waals surface area contributed by atoms with Crippen molar-refractivity contribution in [3.63, 3.8) is 0 Å². The Morgan fingerprint density at radius 1 is 1.26 bits per heavy atom. The molecule has 0 aliphatic heterocycles. The molecule has 0 spiro atoms. The zero-order valence-electron chi connectivity index (χ0n) is 11.8. The van der Waals surface area contributed by atoms with Crippen LogP contribution in [0.15, 0.2) is 48.9 Å². The van der Waals surface area contributed by atoms with Crippen molar-refractivity contribution in [2.24, 2.45) is 0 Å². The summed E-state index contributed by atoms with van der Waals surface area (Å²) in [6, 6.07) is 7.18. The molecule has 2 aromatic heterocycles. The molecule has 6 nitrogen and oxygen atoms in total. The highest BCUT2D eigenvalue weighted by atomic mass is 35.5. The number of halogens is 2. The number of benzene rings is 1. The maximum Gasteiger partial charge on any atom is 0.253 e. The lowest BCUT2D eigenvalue weighted by molar-refractivity contribution is 0.0950. The fraction of sp³-hybridized carbons (Fsp3) is 0.0667. The molecule has 0 fully saturated rings. The number of hydrogen-bond donors (Lipinski definition) is 1. The zero-order valence-corrected chi connectivity index (χ0v) is 12.5. The molecular formula is C15H11ClFN5O. The van der Waals surface area contributed by atoms with E-state index in [9.17, 15) is 9.18 Å². The molecule has 1 N–H and O–H groups in total. The van der Waals surface area contributed by atoms with Gasteiger partial charge in [-0.15, -0.1) is 5.10 Å². The fourth-order valence-corrected chi connectivity index (χ4v) is 2.20. The predicted octanol–water partition coefficient (Wildman–Crippen LogP) is 2.38. The van der Waals surface area contributed by atoms with Crippen molar-refractivity contribution in [3.8, 4) is 5.69 Å². The van der Waals surface area contributed by atoms with Gasteiger partial charge in [-0.25, -0.2) is 9.07 Å². The Kier molecular flexibility index (Phi) is 4.29. The molecule has 1 amide bonds. The van der Waals surface area contributed by atoms with E-state index in [-0.39, 0.29) is 17.1 Å². The fourth-order valence-electron chi connectivity index (χ4n) is 1.94. The van der Waals surface area contributed by atoms with Crippen molar-refractivity contribution in [2.75, 3.05) is 0 Å². The van der Waals surface area contributed by atoms with E-state index in [0.717, 1.165) is 11.8 Å². The Labute approximate surface area is 135 Å². The Balaban J connectivity index is 1.67. The van der Waals surface area contributed by atoms with Crippen LogP contribution in [-0.4, -0.2) is 25.9 Å². The number of hydrogen-bond acceptors (Lipinski definition) is 4. The Bertz CT molecular complexity index is 837. The van der Waals surface area contributed by atoms with Gasteiger partial charge in [0.05, 0.1) is 29.0 Å². The van der Waals surface area contributed by atoms with Crippen molar-refractivity contribution < 1.29 is 9.18 Å². The third kappa shape index (κ3) is 3.51. The number of nitrogens with one attached hydrogen (secondary N) is 1. The number of carbonyl (C=O) groups excluding carboxylic acids is 1. The van der Waals surface area contributed by atoms with Crippen LogP contribution in [0.2, 0.25) is 5.02 Å². The first-order valence-electron chi connectivity index (χ1n) is 6.68. The topological polar surface area (TPSA) is 72.7 Å². The average molecular weight is 332 g/mol. The number of nitrogens with zero attached hydrogens (tertiary/aromatic N) is 4. The molecule has 0 aliphatic rings. The van der Waals surface area contributed by atoms with Crippen LogP contribution < -0.4 is 5.32 Å². The molecule has 1 aromatic carbocycles. The minimum Gasteiger partial charge on any atom is -0.346 e. The molecule has 3 aromatic rings. The van der Waals surface area contributed by atoms with Gasteiger partial charge in [0, 0.05) is 12.4 Å². The average Bonchev–Trinajstić information content (AvgIpc) is 3.02. The van der Waals surface area contributed by atoms with E-state index in [0.29, 0.717) is 5.69 Å². The van der Waals surface area contributed by atoms with E-state index in [2.05, 4.69) is 20.6 Å². The van der Waals surface area contributed by atoms with Crippen molar-refractivity contribution in [2.45, 2.75) is 6.54 Å². The minimum absolute atomic E-state index is 0.0583. The van der Waals surface area contributed by atoms with Gasteiger partial charge in [0.1, 0.15) is 11.5 Å². The van der Waals surface area contributed by atoms with Gasteiger partial charge in [-0.05, 0) is 30.3 Å². The molecule has 0 radical (unpaired) electrons. The van der Waals surface area contributed by atoms with Crippen LogP contribution in [0, 0.1) is 5.82 Å². The number of amides is 1. The normalized spacial score (nSPS) is 10.5. The third-order valence-corrected chi connectivity index (χ3v) is 3.39. The monoisotopic (exact) mass is 331 g/mol. The van der Waals surface area contributed by atoms with Crippen LogP contribution in [-0.2, 0) is 6.54 Å². The van der Waals surface area contributed by atoms with Crippen LogP contribution in [0.3, 0.4) is 0 Å². The second kappa shape index (κ2) is 6.53. The van der Waals surface area contributed by atoms with Gasteiger partial charge in [-0.1, -0.05) is 16.8 Å². The number of carbonyl (C=O) groups is 1. The summed E-state index contributed by atoms with van der Waals surface area (Å²) in [5.41, 5.74) is 1.59. The van der Waals surface area contributed by atoms with Gasteiger partial charge >= 0.3 is 0 Å². The SMILES string of the molecule is O=C(NCc1cn(-c2ccncc2)nn1)c1ccc(F)cc1Cl. The van der Waals surface area contributed by atoms with Gasteiger partial charge in [0.2, 0.25) is 0 Å². The summed E-state index contributed by atoms with van der Waals surface area (Å²) in [7, 11) is 0. The summed E-state index contributed by atoms with van der Waals surface area (Å²) in [4.78, 5) is 16.0. The highest BCUT2D eigenvalue weighted by molar-refractivity contribution is 6.33. The number of pyridine rings is 1. The van der Waals surface area contributed by atoms with E-state index in [4.69, 9.17) is 11.6 Å². The summed E-state index contributed by atoms with van der Waals surface area (Å²) in [5, 5.41) is 10.7. The predicted molar refractivity (Wildman–Crippen MR) is 81.7 cm³/mol. The number of aromatic nitrogens is 4. The Hall–Kier alpha value is -2.80. The molecule has 0 atom stereocenters. The van der Waals surface area contributed by atoms with Crippen molar-refractivity contribution >= 4 is 17.5 Å². The minimum atomic E-state index is -0.494. The second-order valence-electron chi connectivity index (χ2n) is 4.67. The van der Waals surface area contributed by atoms with E-state index < -0.39 is 11.7 Å². The van der Waals surface area contributed by atoms with Crippen LogP contribution in [0.5, 0.6) is 0 Å². The highest BCUT2D eigenvalue weighted by Crippen LogP contribution is 2.17. The summed E-state index contributed by atoms with van der Waals surface area (Å²) >= 11 is 5.85. The molecule has 0 aliphatic carbocycles. The summed E-state index contributed by atoms with van der Waals surface area (Å²) < 4.78 is 14.6. The van der Waals surface area contributed by atoms with Crippen molar-refractivity contribution in [3.05, 3.63) is 71.0 Å². The lowest BCUT2D eigenvalue weighted by Gasteiger charge is -2.05. The molecule has 23 heavy (non-hydrogen) atoms. The lowest BCUT2D eigenvalue weighted by Crippen LogP contribution is -2.23. The van der Waals surface area contributed by atoms with E-state index in [1.807, 2.05) is 0 Å². The van der Waals surface area contributed by atoms with Gasteiger partial charge in [-0.3, -0.25) is 9.78 Å². The first-order valence-corrected chi connectivity index (χ1v) is 7.06. The molecule has 2 heterocycles. The first-order chi connectivity index (χ1) is 11.1. The van der Waals surface area contributed by atoms with E-state index >= 15 is 0 Å². The van der Waals surface area contributed by atoms with Gasteiger partial charge < -0.3 is 5.32 Å². The van der Waals surface area contributed by atoms with Crippen LogP contribution in [0.4, 0.5) is 4.39 Å². The van der Waals surface area contributed by atoms with Crippen LogP contribution in [0.25, 0.3) is 5.69 Å². The van der Waals surface area contributed by atoms with E-state index in [1.54, 1.807) is 35.4 Å². The van der Waals surface area contributed by atoms with Gasteiger partial charge in [0.15, 0.2) is 0 Å². The maximum atomic E-state index is 13.0. The smallest absolute Gasteiger partial charge is 0.253 e. The number of rotatable bonds is 4. The summed E-state index contributed by atoms with van der Waals surface area (Å²) in [6.45, 7) is 0.178. The maximum absolute atomic E-state index is 13.0. The molecule has 3 rings (SSSR count). The van der Waals surface area contributed by atoms with Gasteiger partial charge in [0.25, 0.3) is 5.91 Å². The van der Waals surface area contributed by atoms with Crippen LogP contribution >= 0.6 is 11.6 Å². The van der Waals surface area contributed by atoms with Crippen molar-refractivity contribution in [1.82, 2.24) is 25.3 Å². The molecular weight excluding hydrogens is 321 g/mol. The molecule has 8 heteroatoms. The first kappa shape index (κ1) is 15.1. The lowest BCUT2D eigenvalue weighted by atomic mass is 10.2. The summed E-state index contributed by atoms with van der Waals surface area (Å²) in [6.07, 6.45) is 4.99. The Morgan fingerprint density at radius 3 is 2.78 bits per heavy atom. The van der Waals surface area contributed by atoms with Crippen LogP contribution in [0.1, 0.15) is 16.1 Å². The van der Waals surface area contributed by atoms with Crippen molar-refractivity contribution in [1.29, 1.82) is 0 Å². The molecule has 0 saturated heterocycles. The molecule has 0 saturated carbocycles. The largest absolute Gasteiger partial charge is 0.346 e. The van der Waals surface area contributed by atoms with E-state index in [1.165, 1.54) is 12.1 Å². The molecule has 116 valence electrons. The standard InChI is InChI=1S/C15H11ClFN5O/c16-14-7-10(17)1-2-13(14)15(23)19-8-11-9-22(21-20-11)12-3-5-18-6-4-12/h1-7,9H,8H2,(H,19,23). The van der Waals surface area contributed by atoms with Gasteiger partial charge in [-0.2, -0.15) is 0 Å².